The maximum Gasteiger partial charge on any atom is 0.152 e. The maximum absolute atomic E-state index is 6.16. The normalized spacial score (nSPS) is 20.3. The lowest BCUT2D eigenvalue weighted by molar-refractivity contribution is 0.125. The predicted molar refractivity (Wildman–Crippen MR) is 82.5 cm³/mol. The molecule has 0 fully saturated rings. The van der Waals surface area contributed by atoms with E-state index in [4.69, 9.17) is 15.5 Å². The molecule has 4 heterocycles. The van der Waals surface area contributed by atoms with E-state index in [-0.39, 0.29) is 0 Å². The van der Waals surface area contributed by atoms with Crippen molar-refractivity contribution in [1.82, 2.24) is 14.5 Å². The quantitative estimate of drug-likeness (QED) is 0.933. The van der Waals surface area contributed by atoms with Gasteiger partial charge in [0, 0.05) is 19.7 Å². The van der Waals surface area contributed by atoms with Gasteiger partial charge in [-0.3, -0.25) is 0 Å². The summed E-state index contributed by atoms with van der Waals surface area (Å²) in [7, 11) is 0. The average molecular weight is 287 g/mol. The number of imidazole rings is 1. The number of nitrogens with two attached hydrogens (primary N) is 1. The minimum Gasteiger partial charge on any atom is -0.382 e. The van der Waals surface area contributed by atoms with Crippen LogP contribution >= 0.6 is 0 Å². The van der Waals surface area contributed by atoms with Gasteiger partial charge in [-0.05, 0) is 26.7 Å². The van der Waals surface area contributed by atoms with Crippen molar-refractivity contribution in [3.63, 3.8) is 0 Å². The van der Waals surface area contributed by atoms with E-state index in [1.807, 2.05) is 6.92 Å². The Labute approximate surface area is 123 Å². The molecule has 6 nitrogen and oxygen atoms in total. The molecule has 2 aliphatic rings. The van der Waals surface area contributed by atoms with Crippen LogP contribution in [0.25, 0.3) is 11.0 Å². The Kier molecular flexibility index (Phi) is 2.82. The van der Waals surface area contributed by atoms with E-state index < -0.39 is 0 Å². The van der Waals surface area contributed by atoms with Crippen LogP contribution < -0.4 is 10.6 Å². The van der Waals surface area contributed by atoms with Crippen LogP contribution in [0.2, 0.25) is 0 Å². The van der Waals surface area contributed by atoms with Crippen molar-refractivity contribution in [1.29, 1.82) is 0 Å². The van der Waals surface area contributed by atoms with Gasteiger partial charge in [-0.15, -0.1) is 0 Å². The Morgan fingerprint density at radius 1 is 1.38 bits per heavy atom. The fraction of sp³-hybridized carbons (Fsp3) is 0.600. The molecule has 4 rings (SSSR count). The van der Waals surface area contributed by atoms with E-state index in [0.717, 1.165) is 48.5 Å². The summed E-state index contributed by atoms with van der Waals surface area (Å²) < 4.78 is 7.89. The van der Waals surface area contributed by atoms with Crippen molar-refractivity contribution in [2.75, 3.05) is 30.3 Å². The van der Waals surface area contributed by atoms with Crippen LogP contribution in [0.4, 0.5) is 11.5 Å². The van der Waals surface area contributed by atoms with Gasteiger partial charge in [0.25, 0.3) is 0 Å². The number of ether oxygens (including phenoxy) is 1. The van der Waals surface area contributed by atoms with Crippen molar-refractivity contribution in [3.8, 4) is 0 Å². The zero-order valence-electron chi connectivity index (χ0n) is 12.6. The topological polar surface area (TPSA) is 69.2 Å². The van der Waals surface area contributed by atoms with Crippen molar-refractivity contribution in [3.05, 3.63) is 11.5 Å². The summed E-state index contributed by atoms with van der Waals surface area (Å²) in [5.41, 5.74) is 10.5. The van der Waals surface area contributed by atoms with Crippen LogP contribution in [-0.2, 0) is 17.8 Å². The maximum atomic E-state index is 6.16. The summed E-state index contributed by atoms with van der Waals surface area (Å²) in [4.78, 5) is 11.8. The molecular weight excluding hydrogens is 266 g/mol. The molecule has 0 aromatic carbocycles. The van der Waals surface area contributed by atoms with Crippen LogP contribution in [0.1, 0.15) is 37.8 Å². The van der Waals surface area contributed by atoms with Crippen molar-refractivity contribution >= 4 is 22.5 Å². The highest BCUT2D eigenvalue weighted by atomic mass is 16.5. The monoisotopic (exact) mass is 287 g/mol. The highest BCUT2D eigenvalue weighted by molar-refractivity contribution is 5.97. The second-order valence-corrected chi connectivity index (χ2v) is 5.92. The lowest BCUT2D eigenvalue weighted by atomic mass is 10.0. The van der Waals surface area contributed by atoms with E-state index in [1.165, 1.54) is 5.69 Å². The second-order valence-electron chi connectivity index (χ2n) is 5.92. The number of nitrogen functional groups attached to an aromatic ring is 1. The third-order valence-corrected chi connectivity index (χ3v) is 4.50. The van der Waals surface area contributed by atoms with Gasteiger partial charge >= 0.3 is 0 Å². The van der Waals surface area contributed by atoms with Crippen LogP contribution in [0, 0.1) is 0 Å². The smallest absolute Gasteiger partial charge is 0.152 e. The molecule has 0 saturated carbocycles. The first-order valence-corrected chi connectivity index (χ1v) is 7.72. The fourth-order valence-electron chi connectivity index (χ4n) is 3.68. The van der Waals surface area contributed by atoms with Crippen LogP contribution in [-0.4, -0.2) is 34.2 Å². The van der Waals surface area contributed by atoms with E-state index in [9.17, 15) is 0 Å². The van der Waals surface area contributed by atoms with E-state index in [0.29, 0.717) is 25.1 Å². The second kappa shape index (κ2) is 4.59. The number of hydrogen-bond acceptors (Lipinski definition) is 5. The molecule has 0 aliphatic carbocycles. The van der Waals surface area contributed by atoms with Crippen LogP contribution in [0.15, 0.2) is 0 Å². The number of aromatic nitrogens is 3. The molecule has 1 atom stereocenters. The van der Waals surface area contributed by atoms with E-state index in [2.05, 4.69) is 21.4 Å². The Bertz CT molecular complexity index is 708. The summed E-state index contributed by atoms with van der Waals surface area (Å²) in [6.45, 7) is 7.58. The predicted octanol–water partition coefficient (Wildman–Crippen LogP) is 1.88. The summed E-state index contributed by atoms with van der Waals surface area (Å²) >= 11 is 0. The molecule has 0 radical (unpaired) electrons. The molecule has 112 valence electrons. The number of pyridine rings is 1. The zero-order valence-corrected chi connectivity index (χ0v) is 12.6. The van der Waals surface area contributed by atoms with Crippen molar-refractivity contribution < 1.29 is 4.74 Å². The standard InChI is InChI=1S/C15H21N5O/c1-3-21-8-11-18-12-14-13-10(17-15(12)16)5-4-6-19(13)7-9(2)20(11)14/h9H,3-8H2,1-2H3,(H2,16,17)/t9-/m0/s1. The summed E-state index contributed by atoms with van der Waals surface area (Å²) in [6, 6.07) is 0.380. The van der Waals surface area contributed by atoms with Gasteiger partial charge in [-0.1, -0.05) is 0 Å². The number of aryl methyl sites for hydroxylation is 1. The van der Waals surface area contributed by atoms with Crippen molar-refractivity contribution in [2.45, 2.75) is 39.3 Å². The first kappa shape index (κ1) is 12.9. The van der Waals surface area contributed by atoms with Gasteiger partial charge in [0.15, 0.2) is 5.82 Å². The number of hydrogen-bond donors (Lipinski definition) is 1. The number of anilines is 2. The molecular formula is C15H21N5O. The van der Waals surface area contributed by atoms with Crippen LogP contribution in [0.5, 0.6) is 0 Å². The van der Waals surface area contributed by atoms with Crippen molar-refractivity contribution in [2.24, 2.45) is 0 Å². The Morgan fingerprint density at radius 2 is 2.24 bits per heavy atom. The minimum atomic E-state index is 0.380. The largest absolute Gasteiger partial charge is 0.382 e. The highest BCUT2D eigenvalue weighted by Gasteiger charge is 2.33. The van der Waals surface area contributed by atoms with Gasteiger partial charge < -0.3 is 19.9 Å². The van der Waals surface area contributed by atoms with E-state index >= 15 is 0 Å². The number of nitrogens with zero attached hydrogens (tertiary/aromatic N) is 4. The number of rotatable bonds is 3. The molecule has 2 aliphatic heterocycles. The average Bonchev–Trinajstić information content (AvgIpc) is 2.85. The third kappa shape index (κ3) is 1.75. The first-order valence-electron chi connectivity index (χ1n) is 7.72. The summed E-state index contributed by atoms with van der Waals surface area (Å²) in [5, 5.41) is 0. The molecule has 0 bridgehead atoms. The fourth-order valence-corrected chi connectivity index (χ4v) is 3.68. The third-order valence-electron chi connectivity index (χ3n) is 4.50. The van der Waals surface area contributed by atoms with Gasteiger partial charge in [0.05, 0.1) is 22.9 Å². The molecule has 21 heavy (non-hydrogen) atoms. The first-order chi connectivity index (χ1) is 10.2. The molecule has 0 saturated heterocycles. The molecule has 2 aromatic heterocycles. The van der Waals surface area contributed by atoms with E-state index in [1.54, 1.807) is 0 Å². The molecule has 6 heteroatoms. The SMILES string of the molecule is CCOCc1nc2c(N)nc3c4c2n1[C@@H](C)CN4CCC3. The van der Waals surface area contributed by atoms with Gasteiger partial charge in [0.1, 0.15) is 17.9 Å². The Hall–Kier alpha value is -1.82. The Morgan fingerprint density at radius 3 is 3.05 bits per heavy atom. The molecule has 2 N–H and O–H groups in total. The molecule has 0 unspecified atom stereocenters. The summed E-state index contributed by atoms with van der Waals surface area (Å²) in [6.07, 6.45) is 2.16. The van der Waals surface area contributed by atoms with Gasteiger partial charge in [-0.2, -0.15) is 0 Å². The molecule has 2 aromatic rings. The summed E-state index contributed by atoms with van der Waals surface area (Å²) in [5.74, 6) is 1.52. The Balaban J connectivity index is 2.01. The molecule has 0 amide bonds. The lowest BCUT2D eigenvalue weighted by Gasteiger charge is -2.38. The molecule has 0 spiro atoms. The van der Waals surface area contributed by atoms with Crippen LogP contribution in [0.3, 0.4) is 0 Å². The highest BCUT2D eigenvalue weighted by Crippen LogP contribution is 2.41. The van der Waals surface area contributed by atoms with Gasteiger partial charge in [0.2, 0.25) is 0 Å². The zero-order chi connectivity index (χ0) is 14.6. The van der Waals surface area contributed by atoms with Gasteiger partial charge in [-0.25, -0.2) is 9.97 Å². The minimum absolute atomic E-state index is 0.380. The lowest BCUT2D eigenvalue weighted by Crippen LogP contribution is -2.38.